The molecule has 0 aromatic carbocycles. The zero-order valence-electron chi connectivity index (χ0n) is 6.07. The van der Waals surface area contributed by atoms with Crippen LogP contribution in [-0.4, -0.2) is 12.2 Å². The van der Waals surface area contributed by atoms with Gasteiger partial charge in [0.25, 0.3) is 0 Å². The standard InChI is InChI=1S/C7H8N2O2/c1-6(10)11-7-4-8-2-3-9-5-7/h2-5,8H,1H3. The summed E-state index contributed by atoms with van der Waals surface area (Å²) in [6, 6.07) is 0. The maximum absolute atomic E-state index is 10.5. The van der Waals surface area contributed by atoms with Crippen LogP contribution in [0.1, 0.15) is 6.92 Å². The lowest BCUT2D eigenvalue weighted by Gasteiger charge is -1.98. The van der Waals surface area contributed by atoms with Crippen molar-refractivity contribution in [2.24, 2.45) is 4.99 Å². The molecule has 1 N–H and O–H groups in total. The second-order valence-corrected chi connectivity index (χ2v) is 1.90. The number of nitrogens with one attached hydrogen (secondary N) is 1. The largest absolute Gasteiger partial charge is 0.424 e. The average Bonchev–Trinajstić information content (AvgIpc) is 2.14. The maximum Gasteiger partial charge on any atom is 0.308 e. The van der Waals surface area contributed by atoms with Crippen LogP contribution >= 0.6 is 0 Å². The van der Waals surface area contributed by atoms with E-state index in [2.05, 4.69) is 10.3 Å². The molecule has 0 spiro atoms. The van der Waals surface area contributed by atoms with Gasteiger partial charge in [0.2, 0.25) is 0 Å². The van der Waals surface area contributed by atoms with Crippen molar-refractivity contribution in [2.75, 3.05) is 0 Å². The highest BCUT2D eigenvalue weighted by atomic mass is 16.5. The Labute approximate surface area is 64.3 Å². The Balaban J connectivity index is 2.58. The summed E-state index contributed by atoms with van der Waals surface area (Å²) in [4.78, 5) is 14.2. The van der Waals surface area contributed by atoms with Crippen LogP contribution in [0.15, 0.2) is 29.4 Å². The third kappa shape index (κ3) is 2.66. The zero-order chi connectivity index (χ0) is 8.10. The molecule has 0 aliphatic carbocycles. The predicted molar refractivity (Wildman–Crippen MR) is 40.6 cm³/mol. The van der Waals surface area contributed by atoms with Crippen LogP contribution in [0.4, 0.5) is 0 Å². The van der Waals surface area contributed by atoms with E-state index in [1.807, 2.05) is 0 Å². The second kappa shape index (κ2) is 3.55. The van der Waals surface area contributed by atoms with Crippen molar-refractivity contribution in [3.63, 3.8) is 0 Å². The van der Waals surface area contributed by atoms with E-state index < -0.39 is 0 Å². The van der Waals surface area contributed by atoms with Crippen molar-refractivity contribution >= 4 is 12.2 Å². The fraction of sp³-hybridized carbons (Fsp3) is 0.143. The number of esters is 1. The minimum atomic E-state index is -0.355. The van der Waals surface area contributed by atoms with Crippen LogP contribution in [0.2, 0.25) is 0 Å². The molecular weight excluding hydrogens is 144 g/mol. The quantitative estimate of drug-likeness (QED) is 0.558. The van der Waals surface area contributed by atoms with E-state index in [1.54, 1.807) is 18.6 Å². The summed E-state index contributed by atoms with van der Waals surface area (Å²) in [6.45, 7) is 1.34. The van der Waals surface area contributed by atoms with E-state index >= 15 is 0 Å². The van der Waals surface area contributed by atoms with Gasteiger partial charge in [0.05, 0.1) is 6.21 Å². The highest BCUT2D eigenvalue weighted by Gasteiger charge is 1.98. The Kier molecular flexibility index (Phi) is 2.43. The van der Waals surface area contributed by atoms with Gasteiger partial charge < -0.3 is 10.1 Å². The van der Waals surface area contributed by atoms with Gasteiger partial charge in [0, 0.05) is 25.5 Å². The van der Waals surface area contributed by atoms with E-state index in [-0.39, 0.29) is 5.97 Å². The smallest absolute Gasteiger partial charge is 0.308 e. The number of aliphatic imine (C=N–C) groups is 1. The van der Waals surface area contributed by atoms with Crippen molar-refractivity contribution in [1.29, 1.82) is 0 Å². The minimum absolute atomic E-state index is 0.355. The molecule has 0 fully saturated rings. The first-order chi connectivity index (χ1) is 5.29. The molecular formula is C7H8N2O2. The molecule has 11 heavy (non-hydrogen) atoms. The molecule has 0 amide bonds. The first kappa shape index (κ1) is 7.53. The van der Waals surface area contributed by atoms with Gasteiger partial charge in [-0.25, -0.2) is 0 Å². The van der Waals surface area contributed by atoms with Crippen molar-refractivity contribution in [2.45, 2.75) is 6.92 Å². The Morgan fingerprint density at radius 3 is 3.27 bits per heavy atom. The summed E-state index contributed by atoms with van der Waals surface area (Å²) in [5.41, 5.74) is 0. The third-order valence-electron chi connectivity index (χ3n) is 0.946. The number of nitrogens with zero attached hydrogens (tertiary/aromatic N) is 1. The molecule has 0 radical (unpaired) electrons. The lowest BCUT2D eigenvalue weighted by atomic mass is 10.5. The number of carbonyl (C=O) groups is 1. The van der Waals surface area contributed by atoms with Gasteiger partial charge in [-0.3, -0.25) is 9.79 Å². The van der Waals surface area contributed by atoms with E-state index in [1.165, 1.54) is 13.1 Å². The molecule has 0 saturated heterocycles. The van der Waals surface area contributed by atoms with Crippen LogP contribution in [0.3, 0.4) is 0 Å². The van der Waals surface area contributed by atoms with Crippen molar-refractivity contribution in [3.05, 3.63) is 24.4 Å². The fourth-order valence-corrected chi connectivity index (χ4v) is 0.592. The van der Waals surface area contributed by atoms with Crippen LogP contribution < -0.4 is 5.32 Å². The average molecular weight is 152 g/mol. The highest BCUT2D eigenvalue weighted by Crippen LogP contribution is 1.95. The van der Waals surface area contributed by atoms with Gasteiger partial charge in [0.15, 0.2) is 5.76 Å². The second-order valence-electron chi connectivity index (χ2n) is 1.90. The Bertz CT molecular complexity index is 241. The Morgan fingerprint density at radius 2 is 2.55 bits per heavy atom. The summed E-state index contributed by atoms with van der Waals surface area (Å²) in [5, 5.41) is 2.76. The maximum atomic E-state index is 10.5. The molecule has 0 aromatic heterocycles. The molecule has 0 aromatic rings. The molecule has 0 saturated carbocycles. The minimum Gasteiger partial charge on any atom is -0.424 e. The summed E-state index contributed by atoms with van der Waals surface area (Å²) in [5.74, 6) is 0.0499. The van der Waals surface area contributed by atoms with Crippen LogP contribution in [-0.2, 0) is 9.53 Å². The van der Waals surface area contributed by atoms with Crippen LogP contribution in [0, 0.1) is 0 Å². The molecule has 1 aliphatic rings. The molecule has 1 rings (SSSR count). The number of hydrogen-bond donors (Lipinski definition) is 1. The topological polar surface area (TPSA) is 50.7 Å². The summed E-state index contributed by atoms with van der Waals surface area (Å²) >= 11 is 0. The number of allylic oxidation sites excluding steroid dienone is 1. The molecule has 0 bridgehead atoms. The fourth-order valence-electron chi connectivity index (χ4n) is 0.592. The first-order valence-corrected chi connectivity index (χ1v) is 3.12. The predicted octanol–water partition coefficient (Wildman–Crippen LogP) is 0.536. The normalized spacial score (nSPS) is 14.8. The van der Waals surface area contributed by atoms with Crippen molar-refractivity contribution in [1.82, 2.24) is 5.32 Å². The van der Waals surface area contributed by atoms with Gasteiger partial charge >= 0.3 is 5.97 Å². The van der Waals surface area contributed by atoms with Crippen molar-refractivity contribution in [3.8, 4) is 0 Å². The monoisotopic (exact) mass is 152 g/mol. The van der Waals surface area contributed by atoms with Gasteiger partial charge in [-0.2, -0.15) is 0 Å². The zero-order valence-corrected chi connectivity index (χ0v) is 6.07. The van der Waals surface area contributed by atoms with Crippen LogP contribution in [0.5, 0.6) is 0 Å². The molecule has 0 unspecified atom stereocenters. The lowest BCUT2D eigenvalue weighted by molar-refractivity contribution is -0.136. The number of hydrogen-bond acceptors (Lipinski definition) is 4. The van der Waals surface area contributed by atoms with Gasteiger partial charge in [-0.15, -0.1) is 0 Å². The molecule has 1 heterocycles. The molecule has 0 atom stereocenters. The molecule has 1 aliphatic heterocycles. The molecule has 4 nitrogen and oxygen atoms in total. The Hall–Kier alpha value is -1.58. The van der Waals surface area contributed by atoms with E-state index in [0.717, 1.165) is 0 Å². The third-order valence-corrected chi connectivity index (χ3v) is 0.946. The van der Waals surface area contributed by atoms with E-state index in [4.69, 9.17) is 4.74 Å². The highest BCUT2D eigenvalue weighted by molar-refractivity contribution is 5.81. The van der Waals surface area contributed by atoms with Crippen molar-refractivity contribution < 1.29 is 9.53 Å². The number of carbonyl (C=O) groups excluding carboxylic acids is 1. The molecule has 4 heteroatoms. The summed E-state index contributed by atoms with van der Waals surface area (Å²) in [6.07, 6.45) is 6.20. The van der Waals surface area contributed by atoms with E-state index in [0.29, 0.717) is 5.76 Å². The van der Waals surface area contributed by atoms with E-state index in [9.17, 15) is 4.79 Å². The Morgan fingerprint density at radius 1 is 1.73 bits per heavy atom. The summed E-state index contributed by atoms with van der Waals surface area (Å²) in [7, 11) is 0. The molecule has 58 valence electrons. The number of rotatable bonds is 1. The number of ether oxygens (including phenoxy) is 1. The first-order valence-electron chi connectivity index (χ1n) is 3.12. The van der Waals surface area contributed by atoms with Crippen LogP contribution in [0.25, 0.3) is 0 Å². The van der Waals surface area contributed by atoms with Gasteiger partial charge in [0.1, 0.15) is 0 Å². The van der Waals surface area contributed by atoms with Gasteiger partial charge in [-0.05, 0) is 0 Å². The lowest BCUT2D eigenvalue weighted by Crippen LogP contribution is -2.02. The SMILES string of the molecule is CC(=O)OC1=CNC=CN=C1. The summed E-state index contributed by atoms with van der Waals surface area (Å²) < 4.78 is 4.74. The van der Waals surface area contributed by atoms with Gasteiger partial charge in [-0.1, -0.05) is 0 Å².